The van der Waals surface area contributed by atoms with Crippen molar-refractivity contribution in [2.45, 2.75) is 24.8 Å². The van der Waals surface area contributed by atoms with E-state index in [-0.39, 0.29) is 6.61 Å². The van der Waals surface area contributed by atoms with Gasteiger partial charge in [0.1, 0.15) is 12.4 Å². The lowest BCUT2D eigenvalue weighted by Gasteiger charge is -2.06. The predicted octanol–water partition coefficient (Wildman–Crippen LogP) is 4.35. The lowest BCUT2D eigenvalue weighted by atomic mass is 10.2. The topological polar surface area (TPSA) is 70.2 Å². The van der Waals surface area contributed by atoms with Crippen LogP contribution in [0, 0.1) is 17.8 Å². The van der Waals surface area contributed by atoms with Crippen molar-refractivity contribution in [3.8, 4) is 5.69 Å². The highest BCUT2D eigenvalue weighted by molar-refractivity contribution is 8.00. The second-order valence-electron chi connectivity index (χ2n) is 5.18. The van der Waals surface area contributed by atoms with Gasteiger partial charge in [-0.3, -0.25) is 0 Å². The van der Waals surface area contributed by atoms with E-state index < -0.39 is 5.97 Å². The second kappa shape index (κ2) is 7.51. The van der Waals surface area contributed by atoms with Gasteiger partial charge in [-0.15, -0.1) is 5.10 Å². The van der Waals surface area contributed by atoms with E-state index in [9.17, 15) is 4.79 Å². The van der Waals surface area contributed by atoms with Gasteiger partial charge in [0.15, 0.2) is 8.29 Å². The summed E-state index contributed by atoms with van der Waals surface area (Å²) in [5.41, 5.74) is 2.79. The number of ether oxygens (including phenoxy) is 1. The summed E-state index contributed by atoms with van der Waals surface area (Å²) in [6, 6.07) is 6.99. The van der Waals surface area contributed by atoms with Crippen molar-refractivity contribution in [3.63, 3.8) is 0 Å². The van der Waals surface area contributed by atoms with Crippen LogP contribution in [0.15, 0.2) is 33.1 Å². The zero-order valence-corrected chi connectivity index (χ0v) is 16.3. The third-order valence-electron chi connectivity index (χ3n) is 3.58. The van der Waals surface area contributed by atoms with Gasteiger partial charge in [0.25, 0.3) is 0 Å². The number of hydrogen-bond donors (Lipinski definition) is 0. The number of esters is 1. The van der Waals surface area contributed by atoms with Crippen LogP contribution in [0.2, 0.25) is 0 Å². The minimum atomic E-state index is -0.404. The monoisotopic (exact) mass is 393 g/mol. The zero-order valence-electron chi connectivity index (χ0n) is 13.8. The highest BCUT2D eigenvalue weighted by atomic mass is 32.2. The average molecular weight is 394 g/mol. The van der Waals surface area contributed by atoms with E-state index in [1.54, 1.807) is 47.6 Å². The van der Waals surface area contributed by atoms with Gasteiger partial charge in [0.2, 0.25) is 0 Å². The van der Waals surface area contributed by atoms with E-state index in [0.717, 1.165) is 21.3 Å². The Kier molecular flexibility index (Phi) is 5.36. The molecule has 0 spiro atoms. The molecule has 0 unspecified atom stereocenters. The molecule has 0 saturated carbocycles. The second-order valence-corrected chi connectivity index (χ2v) is 7.85. The summed E-state index contributed by atoms with van der Waals surface area (Å²) in [7, 11) is 0. The van der Waals surface area contributed by atoms with Crippen LogP contribution in [0.3, 0.4) is 0 Å². The number of thioether (sulfide) groups is 1. The summed E-state index contributed by atoms with van der Waals surface area (Å²) in [6.45, 7) is 3.74. The fraction of sp³-hybridized carbons (Fsp3) is 0.250. The molecule has 0 radical (unpaired) electrons. The normalized spacial score (nSPS) is 10.8. The summed E-state index contributed by atoms with van der Waals surface area (Å²) >= 11 is 8.32. The number of carbonyl (C=O) groups is 1. The molecule has 0 aliphatic carbocycles. The molecule has 0 amide bonds. The number of aromatic nitrogens is 3. The van der Waals surface area contributed by atoms with Crippen molar-refractivity contribution < 1.29 is 14.1 Å². The Balaban J connectivity index is 1.72. The molecule has 0 aliphatic rings. The molecule has 130 valence electrons. The summed E-state index contributed by atoms with van der Waals surface area (Å²) < 4.78 is 13.6. The summed E-state index contributed by atoms with van der Waals surface area (Å²) in [5.74, 6) is 0.251. The largest absolute Gasteiger partial charge is 0.457 e. The maximum Gasteiger partial charge on any atom is 0.338 e. The van der Waals surface area contributed by atoms with E-state index in [2.05, 4.69) is 10.3 Å². The molecule has 1 aromatic carbocycles. The Bertz CT molecular complexity index is 938. The summed E-state index contributed by atoms with van der Waals surface area (Å²) in [4.78, 5) is 12.2. The molecular weight excluding hydrogens is 378 g/mol. The fourth-order valence-corrected chi connectivity index (χ4v) is 3.95. The first-order valence-electron chi connectivity index (χ1n) is 7.33. The maximum absolute atomic E-state index is 12.2. The molecule has 0 aliphatic heterocycles. The Morgan fingerprint density at radius 1 is 1.36 bits per heavy atom. The van der Waals surface area contributed by atoms with Gasteiger partial charge in [-0.05, 0) is 56.6 Å². The third kappa shape index (κ3) is 3.83. The van der Waals surface area contributed by atoms with E-state index >= 15 is 0 Å². The Hall–Kier alpha value is -1.97. The highest BCUT2D eigenvalue weighted by Crippen LogP contribution is 2.22. The number of nitrogens with zero attached hydrogens (tertiary/aromatic N) is 3. The van der Waals surface area contributed by atoms with Gasteiger partial charge in [0.05, 0.1) is 22.5 Å². The summed E-state index contributed by atoms with van der Waals surface area (Å²) in [5, 5.41) is 8.27. The highest BCUT2D eigenvalue weighted by Gasteiger charge is 2.13. The van der Waals surface area contributed by atoms with Crippen LogP contribution in [0.5, 0.6) is 0 Å². The van der Waals surface area contributed by atoms with Gasteiger partial charge in [0, 0.05) is 0 Å². The van der Waals surface area contributed by atoms with Gasteiger partial charge in [-0.25, -0.2) is 9.48 Å². The molecule has 0 atom stereocenters. The van der Waals surface area contributed by atoms with Crippen LogP contribution >= 0.6 is 35.3 Å². The first-order chi connectivity index (χ1) is 12.0. The van der Waals surface area contributed by atoms with E-state index in [1.807, 2.05) is 13.2 Å². The molecule has 0 bridgehead atoms. The SMILES string of the molecule is CSc1nn(-c2ccc(C(=O)OCc3c(C)noc3C)cc2)c(=S)s1. The van der Waals surface area contributed by atoms with Crippen molar-refractivity contribution in [2.24, 2.45) is 0 Å². The van der Waals surface area contributed by atoms with Gasteiger partial charge in [-0.1, -0.05) is 28.3 Å². The quantitative estimate of drug-likeness (QED) is 0.363. The van der Waals surface area contributed by atoms with Crippen LogP contribution in [0.25, 0.3) is 5.69 Å². The molecule has 2 heterocycles. The number of rotatable bonds is 5. The molecule has 25 heavy (non-hydrogen) atoms. The summed E-state index contributed by atoms with van der Waals surface area (Å²) in [6.07, 6.45) is 1.95. The lowest BCUT2D eigenvalue weighted by Crippen LogP contribution is -2.06. The van der Waals surface area contributed by atoms with Crippen LogP contribution in [0.4, 0.5) is 0 Å². The van der Waals surface area contributed by atoms with E-state index in [4.69, 9.17) is 21.5 Å². The number of hydrogen-bond acceptors (Lipinski definition) is 8. The average Bonchev–Trinajstić information content (AvgIpc) is 3.15. The Labute approximate surface area is 157 Å². The lowest BCUT2D eigenvalue weighted by molar-refractivity contribution is 0.0471. The minimum absolute atomic E-state index is 0.135. The minimum Gasteiger partial charge on any atom is -0.457 e. The van der Waals surface area contributed by atoms with E-state index in [0.29, 0.717) is 15.3 Å². The predicted molar refractivity (Wildman–Crippen MR) is 99.2 cm³/mol. The molecular formula is C16H15N3O3S3. The fourth-order valence-electron chi connectivity index (χ4n) is 2.17. The zero-order chi connectivity index (χ0) is 18.0. The van der Waals surface area contributed by atoms with Crippen molar-refractivity contribution in [1.29, 1.82) is 0 Å². The van der Waals surface area contributed by atoms with Crippen LogP contribution in [-0.2, 0) is 11.3 Å². The van der Waals surface area contributed by atoms with Gasteiger partial charge >= 0.3 is 5.97 Å². The van der Waals surface area contributed by atoms with Crippen molar-refractivity contribution in [2.75, 3.05) is 6.26 Å². The molecule has 3 rings (SSSR count). The third-order valence-corrected chi connectivity index (χ3v) is 5.79. The number of aryl methyl sites for hydroxylation is 2. The van der Waals surface area contributed by atoms with Gasteiger partial charge < -0.3 is 9.26 Å². The Morgan fingerprint density at radius 3 is 2.64 bits per heavy atom. The molecule has 2 aromatic heterocycles. The number of carbonyl (C=O) groups excluding carboxylic acids is 1. The van der Waals surface area contributed by atoms with Gasteiger partial charge in [-0.2, -0.15) is 0 Å². The number of benzene rings is 1. The molecule has 0 saturated heterocycles. The van der Waals surface area contributed by atoms with Crippen molar-refractivity contribution in [3.05, 3.63) is 50.8 Å². The molecule has 6 nitrogen and oxygen atoms in total. The van der Waals surface area contributed by atoms with Crippen LogP contribution in [-0.4, -0.2) is 27.2 Å². The standard InChI is InChI=1S/C16H15N3O3S3/c1-9-13(10(2)22-18-9)8-21-14(20)11-4-6-12(7-5-11)19-16(23)25-15(17-19)24-3/h4-7H,8H2,1-3H3. The smallest absolute Gasteiger partial charge is 0.338 e. The molecule has 9 heteroatoms. The first kappa shape index (κ1) is 17.8. The first-order valence-corrected chi connectivity index (χ1v) is 9.78. The van der Waals surface area contributed by atoms with Crippen LogP contribution in [0.1, 0.15) is 27.4 Å². The molecule has 0 N–H and O–H groups in total. The maximum atomic E-state index is 12.2. The molecule has 0 fully saturated rings. The van der Waals surface area contributed by atoms with Crippen molar-refractivity contribution >= 4 is 41.3 Å². The molecule has 3 aromatic rings. The van der Waals surface area contributed by atoms with E-state index in [1.165, 1.54) is 11.3 Å². The van der Waals surface area contributed by atoms with Crippen molar-refractivity contribution in [1.82, 2.24) is 14.9 Å². The van der Waals surface area contributed by atoms with Crippen LogP contribution < -0.4 is 0 Å². The Morgan fingerprint density at radius 2 is 2.08 bits per heavy atom.